The Labute approximate surface area is 172 Å². The fraction of sp³-hybridized carbons (Fsp3) is 0.714. The summed E-state index contributed by atoms with van der Waals surface area (Å²) in [7, 11) is -4.48. The molecule has 1 fully saturated rings. The largest absolute Gasteiger partial charge is 0.404 e. The summed E-state index contributed by atoms with van der Waals surface area (Å²) in [6.07, 6.45) is 1.09. The minimum Gasteiger partial charge on any atom is -0.303 e. The first kappa shape index (κ1) is 24.0. The van der Waals surface area contributed by atoms with Crippen molar-refractivity contribution in [3.63, 3.8) is 0 Å². The normalized spacial score (nSPS) is 23.9. The van der Waals surface area contributed by atoms with E-state index in [9.17, 15) is 21.6 Å². The van der Waals surface area contributed by atoms with Gasteiger partial charge in [0.15, 0.2) is 5.75 Å². The maximum absolute atomic E-state index is 12.5. The van der Waals surface area contributed by atoms with Crippen molar-refractivity contribution in [1.29, 1.82) is 0 Å². The van der Waals surface area contributed by atoms with Gasteiger partial charge in [0.2, 0.25) is 10.0 Å². The maximum Gasteiger partial charge on any atom is 0.404 e. The van der Waals surface area contributed by atoms with Gasteiger partial charge in [-0.3, -0.25) is 4.72 Å². The Bertz CT molecular complexity index is 767. The molecule has 166 valence electrons. The Balaban J connectivity index is 2.06. The number of benzene rings is 1. The molecular formula is C21H33F3N2O2S. The first-order valence-corrected chi connectivity index (χ1v) is 12.0. The van der Waals surface area contributed by atoms with E-state index >= 15 is 0 Å². The zero-order chi connectivity index (χ0) is 21.7. The Morgan fingerprint density at radius 2 is 1.97 bits per heavy atom. The number of likely N-dealkylation sites (tertiary alicyclic amines) is 1. The highest BCUT2D eigenvalue weighted by Crippen LogP contribution is 2.40. The van der Waals surface area contributed by atoms with Crippen LogP contribution in [0.3, 0.4) is 0 Å². The fourth-order valence-electron chi connectivity index (χ4n) is 4.08. The molecule has 0 amide bonds. The minimum absolute atomic E-state index is 0.147. The molecule has 1 N–H and O–H groups in total. The SMILES string of the molecule is CCCCCCN1CCC(C)(c2cccc(NS(=O)(=O)CC(F)(F)F)c2)C(C)C1. The van der Waals surface area contributed by atoms with Gasteiger partial charge in [0, 0.05) is 12.2 Å². The molecule has 2 atom stereocenters. The van der Waals surface area contributed by atoms with Gasteiger partial charge in [-0.2, -0.15) is 13.2 Å². The molecule has 0 spiro atoms. The molecule has 0 aliphatic carbocycles. The van der Waals surface area contributed by atoms with Crippen molar-refractivity contribution < 1.29 is 21.6 Å². The number of hydrogen-bond donors (Lipinski definition) is 1. The number of unbranched alkanes of at least 4 members (excludes halogenated alkanes) is 3. The van der Waals surface area contributed by atoms with E-state index in [1.807, 2.05) is 6.07 Å². The lowest BCUT2D eigenvalue weighted by Gasteiger charge is -2.45. The van der Waals surface area contributed by atoms with E-state index in [0.29, 0.717) is 5.92 Å². The fourth-order valence-corrected chi connectivity index (χ4v) is 5.07. The lowest BCUT2D eigenvalue weighted by atomic mass is 9.68. The van der Waals surface area contributed by atoms with Crippen LogP contribution in [-0.2, 0) is 15.4 Å². The topological polar surface area (TPSA) is 49.4 Å². The number of anilines is 1. The molecule has 0 saturated carbocycles. The number of piperidine rings is 1. The lowest BCUT2D eigenvalue weighted by Crippen LogP contribution is -2.47. The molecule has 2 rings (SSSR count). The quantitative estimate of drug-likeness (QED) is 0.546. The van der Waals surface area contributed by atoms with E-state index in [1.165, 1.54) is 31.7 Å². The standard InChI is InChI=1S/C21H33F3N2O2S/c1-4-5-6-7-12-26-13-11-20(3,17(2)15-26)18-9-8-10-19(14-18)25-29(27,28)16-21(22,23)24/h8-10,14,17,25H,4-7,11-13,15-16H2,1-3H3. The van der Waals surface area contributed by atoms with Crippen molar-refractivity contribution in [3.8, 4) is 0 Å². The second kappa shape index (κ2) is 9.69. The summed E-state index contributed by atoms with van der Waals surface area (Å²) in [5.41, 5.74) is 0.996. The minimum atomic E-state index is -4.77. The highest BCUT2D eigenvalue weighted by atomic mass is 32.2. The second-order valence-electron chi connectivity index (χ2n) is 8.49. The molecular weight excluding hydrogens is 401 g/mol. The van der Waals surface area contributed by atoms with Gasteiger partial charge >= 0.3 is 6.18 Å². The number of nitrogens with one attached hydrogen (secondary N) is 1. The van der Waals surface area contributed by atoms with E-state index in [0.717, 1.165) is 31.6 Å². The summed E-state index contributed by atoms with van der Waals surface area (Å²) >= 11 is 0. The zero-order valence-electron chi connectivity index (χ0n) is 17.6. The van der Waals surface area contributed by atoms with Crippen LogP contribution in [0.2, 0.25) is 0 Å². The van der Waals surface area contributed by atoms with E-state index in [2.05, 4.69) is 30.4 Å². The Morgan fingerprint density at radius 1 is 1.24 bits per heavy atom. The van der Waals surface area contributed by atoms with E-state index in [4.69, 9.17) is 0 Å². The number of nitrogens with zero attached hydrogens (tertiary/aromatic N) is 1. The summed E-state index contributed by atoms with van der Waals surface area (Å²) in [4.78, 5) is 2.48. The number of rotatable bonds is 9. The molecule has 1 aromatic rings. The predicted molar refractivity (Wildman–Crippen MR) is 112 cm³/mol. The summed E-state index contributed by atoms with van der Waals surface area (Å²) in [5, 5.41) is 0. The van der Waals surface area contributed by atoms with Gasteiger partial charge in [0.1, 0.15) is 0 Å². The summed E-state index contributed by atoms with van der Waals surface area (Å²) in [6, 6.07) is 6.82. The van der Waals surface area contributed by atoms with Crippen molar-refractivity contribution in [3.05, 3.63) is 29.8 Å². The van der Waals surface area contributed by atoms with Crippen molar-refractivity contribution in [1.82, 2.24) is 4.90 Å². The molecule has 0 aromatic heterocycles. The summed E-state index contributed by atoms with van der Waals surface area (Å²) < 4.78 is 63.1. The molecule has 4 nitrogen and oxygen atoms in total. The molecule has 2 unspecified atom stereocenters. The predicted octanol–water partition coefficient (Wildman–Crippen LogP) is 5.17. The Kier molecular flexibility index (Phi) is 8.01. The number of hydrogen-bond acceptors (Lipinski definition) is 3. The van der Waals surface area contributed by atoms with Gasteiger partial charge in [0.05, 0.1) is 0 Å². The maximum atomic E-state index is 12.5. The van der Waals surface area contributed by atoms with Gasteiger partial charge in [-0.05, 0) is 55.0 Å². The van der Waals surface area contributed by atoms with Crippen LogP contribution < -0.4 is 4.72 Å². The van der Waals surface area contributed by atoms with Gasteiger partial charge in [0.25, 0.3) is 0 Å². The van der Waals surface area contributed by atoms with E-state index in [-0.39, 0.29) is 11.1 Å². The smallest absolute Gasteiger partial charge is 0.303 e. The van der Waals surface area contributed by atoms with Crippen LogP contribution in [0, 0.1) is 5.92 Å². The lowest BCUT2D eigenvalue weighted by molar-refractivity contribution is -0.106. The van der Waals surface area contributed by atoms with Crippen LogP contribution >= 0.6 is 0 Å². The summed E-state index contributed by atoms with van der Waals surface area (Å²) in [5.74, 6) is -1.53. The third-order valence-corrected chi connectivity index (χ3v) is 7.30. The van der Waals surface area contributed by atoms with Crippen LogP contribution in [0.25, 0.3) is 0 Å². The Morgan fingerprint density at radius 3 is 2.59 bits per heavy atom. The van der Waals surface area contributed by atoms with Crippen LogP contribution in [0.5, 0.6) is 0 Å². The molecule has 1 heterocycles. The molecule has 0 bridgehead atoms. The van der Waals surface area contributed by atoms with E-state index in [1.54, 1.807) is 12.1 Å². The monoisotopic (exact) mass is 434 g/mol. The van der Waals surface area contributed by atoms with Gasteiger partial charge in [-0.25, -0.2) is 8.42 Å². The van der Waals surface area contributed by atoms with Crippen molar-refractivity contribution >= 4 is 15.7 Å². The second-order valence-corrected chi connectivity index (χ2v) is 10.2. The molecule has 1 aromatic carbocycles. The highest BCUT2D eigenvalue weighted by Gasteiger charge is 2.38. The number of alkyl halides is 3. The molecule has 29 heavy (non-hydrogen) atoms. The van der Waals surface area contributed by atoms with Crippen LogP contribution in [0.1, 0.15) is 58.4 Å². The van der Waals surface area contributed by atoms with Gasteiger partial charge in [-0.1, -0.05) is 52.2 Å². The first-order chi connectivity index (χ1) is 13.5. The van der Waals surface area contributed by atoms with Crippen molar-refractivity contribution in [2.45, 2.75) is 64.5 Å². The summed E-state index contributed by atoms with van der Waals surface area (Å²) in [6.45, 7) is 9.58. The third-order valence-electron chi connectivity index (χ3n) is 6.04. The zero-order valence-corrected chi connectivity index (χ0v) is 18.4. The van der Waals surface area contributed by atoms with Crippen molar-refractivity contribution in [2.75, 3.05) is 30.1 Å². The average Bonchev–Trinajstić information content (AvgIpc) is 2.59. The van der Waals surface area contributed by atoms with Crippen molar-refractivity contribution in [2.24, 2.45) is 5.92 Å². The Hall–Kier alpha value is -1.28. The van der Waals surface area contributed by atoms with Crippen LogP contribution in [0.4, 0.5) is 18.9 Å². The molecule has 0 radical (unpaired) electrons. The van der Waals surface area contributed by atoms with Crippen LogP contribution in [-0.4, -0.2) is 44.9 Å². The average molecular weight is 435 g/mol. The van der Waals surface area contributed by atoms with Crippen LogP contribution in [0.15, 0.2) is 24.3 Å². The van der Waals surface area contributed by atoms with Gasteiger partial charge in [-0.15, -0.1) is 0 Å². The van der Waals surface area contributed by atoms with Gasteiger partial charge < -0.3 is 4.90 Å². The molecule has 8 heteroatoms. The molecule has 1 aliphatic heterocycles. The van der Waals surface area contributed by atoms with E-state index < -0.39 is 22.0 Å². The first-order valence-electron chi connectivity index (χ1n) is 10.4. The number of halogens is 3. The number of sulfonamides is 1. The molecule has 1 aliphatic rings. The molecule has 1 saturated heterocycles. The highest BCUT2D eigenvalue weighted by molar-refractivity contribution is 7.92. The third kappa shape index (κ3) is 7.17.